The summed E-state index contributed by atoms with van der Waals surface area (Å²) in [4.78, 5) is 23.5. The highest BCUT2D eigenvalue weighted by Gasteiger charge is 2.27. The Balaban J connectivity index is 1.62. The highest BCUT2D eigenvalue weighted by molar-refractivity contribution is 5.81. The van der Waals surface area contributed by atoms with Crippen molar-refractivity contribution in [3.05, 3.63) is 47.0 Å². The number of carbonyl (C=O) groups excluding carboxylic acids is 2. The molecular weight excluding hydrogens is 301 g/mol. The predicted octanol–water partition coefficient (Wildman–Crippen LogP) is 0.467. The zero-order valence-corrected chi connectivity index (χ0v) is 12.5. The van der Waals surface area contributed by atoms with Gasteiger partial charge >= 0.3 is 0 Å². The Morgan fingerprint density at radius 1 is 1.52 bits per heavy atom. The van der Waals surface area contributed by atoms with Crippen LogP contribution in [0.1, 0.15) is 29.9 Å². The number of amides is 2. The van der Waals surface area contributed by atoms with Crippen LogP contribution in [0.4, 0.5) is 4.39 Å². The first-order chi connectivity index (χ1) is 11.0. The first-order valence-electron chi connectivity index (χ1n) is 7.26. The molecule has 0 aliphatic carbocycles. The van der Waals surface area contributed by atoms with E-state index in [-0.39, 0.29) is 30.6 Å². The van der Waals surface area contributed by atoms with Crippen LogP contribution in [0, 0.1) is 5.82 Å². The molecule has 23 heavy (non-hydrogen) atoms. The molecule has 1 unspecified atom stereocenters. The summed E-state index contributed by atoms with van der Waals surface area (Å²) in [5.74, 6) is -0.707. The number of nitrogens with one attached hydrogen (secondary N) is 2. The normalized spacial score (nSPS) is 16.6. The summed E-state index contributed by atoms with van der Waals surface area (Å²) in [6, 6.07) is 5.51. The van der Waals surface area contributed by atoms with E-state index >= 15 is 0 Å². The molecule has 2 N–H and O–H groups in total. The van der Waals surface area contributed by atoms with Crippen molar-refractivity contribution in [2.45, 2.75) is 32.5 Å². The fourth-order valence-corrected chi connectivity index (χ4v) is 2.48. The van der Waals surface area contributed by atoms with E-state index in [2.05, 4.69) is 20.9 Å². The minimum Gasteiger partial charge on any atom is -0.350 e. The Morgan fingerprint density at radius 2 is 2.35 bits per heavy atom. The van der Waals surface area contributed by atoms with E-state index < -0.39 is 6.04 Å². The summed E-state index contributed by atoms with van der Waals surface area (Å²) >= 11 is 0. The van der Waals surface area contributed by atoms with Gasteiger partial charge in [0, 0.05) is 0 Å². The first kappa shape index (κ1) is 15.1. The molecule has 1 aromatic heterocycles. The molecule has 0 saturated heterocycles. The number of aromatic nitrogens is 3. The van der Waals surface area contributed by atoms with E-state index in [9.17, 15) is 14.0 Å². The predicted molar refractivity (Wildman–Crippen MR) is 78.5 cm³/mol. The summed E-state index contributed by atoms with van der Waals surface area (Å²) in [5.41, 5.74) is 2.00. The monoisotopic (exact) mass is 317 g/mol. The van der Waals surface area contributed by atoms with Crippen LogP contribution in [0.5, 0.6) is 0 Å². The van der Waals surface area contributed by atoms with Crippen molar-refractivity contribution in [3.63, 3.8) is 0 Å². The van der Waals surface area contributed by atoms with E-state index in [1.165, 1.54) is 12.1 Å². The Bertz CT molecular complexity index is 758. The van der Waals surface area contributed by atoms with Gasteiger partial charge in [-0.2, -0.15) is 0 Å². The molecule has 1 aromatic carbocycles. The maximum atomic E-state index is 13.1. The SMILES string of the molecule is CC1C(=O)NCc2c(CNC(=O)Cc3cccc(F)c3)nnn21. The van der Waals surface area contributed by atoms with Gasteiger partial charge < -0.3 is 10.6 Å². The van der Waals surface area contributed by atoms with Gasteiger partial charge in [-0.1, -0.05) is 17.3 Å². The first-order valence-corrected chi connectivity index (χ1v) is 7.26. The van der Waals surface area contributed by atoms with Crippen LogP contribution in [0.3, 0.4) is 0 Å². The van der Waals surface area contributed by atoms with Crippen molar-refractivity contribution in [3.8, 4) is 0 Å². The van der Waals surface area contributed by atoms with Gasteiger partial charge in [0.1, 0.15) is 17.6 Å². The average molecular weight is 317 g/mol. The molecule has 2 amide bonds. The molecule has 0 bridgehead atoms. The van der Waals surface area contributed by atoms with Crippen molar-refractivity contribution < 1.29 is 14.0 Å². The molecule has 120 valence electrons. The fourth-order valence-electron chi connectivity index (χ4n) is 2.48. The lowest BCUT2D eigenvalue weighted by Gasteiger charge is -2.20. The fraction of sp³-hybridized carbons (Fsp3) is 0.333. The number of nitrogens with zero attached hydrogens (tertiary/aromatic N) is 3. The van der Waals surface area contributed by atoms with E-state index in [1.54, 1.807) is 23.7 Å². The molecule has 0 spiro atoms. The third kappa shape index (κ3) is 3.20. The largest absolute Gasteiger partial charge is 0.350 e. The van der Waals surface area contributed by atoms with Crippen molar-refractivity contribution in [2.75, 3.05) is 0 Å². The molecule has 8 heteroatoms. The standard InChI is InChI=1S/C15H16FN5O2/c1-9-15(23)18-8-13-12(19-20-21(9)13)7-17-14(22)6-10-3-2-4-11(16)5-10/h2-5,9H,6-8H2,1H3,(H,17,22)(H,18,23). The molecule has 0 radical (unpaired) electrons. The molecule has 1 atom stereocenters. The average Bonchev–Trinajstić information content (AvgIpc) is 2.93. The number of hydrogen-bond donors (Lipinski definition) is 2. The van der Waals surface area contributed by atoms with E-state index in [0.717, 1.165) is 5.69 Å². The number of fused-ring (bicyclic) bond motifs is 1. The molecule has 2 aromatic rings. The topological polar surface area (TPSA) is 88.9 Å². The summed E-state index contributed by atoms with van der Waals surface area (Å²) in [5, 5.41) is 13.5. The highest BCUT2D eigenvalue weighted by atomic mass is 19.1. The molecule has 0 fully saturated rings. The Kier molecular flexibility index (Phi) is 4.05. The van der Waals surface area contributed by atoms with Crippen LogP contribution in [-0.4, -0.2) is 26.8 Å². The zero-order chi connectivity index (χ0) is 16.4. The minimum absolute atomic E-state index is 0.0916. The van der Waals surface area contributed by atoms with E-state index in [1.807, 2.05) is 0 Å². The van der Waals surface area contributed by atoms with E-state index in [0.29, 0.717) is 17.8 Å². The van der Waals surface area contributed by atoms with Gasteiger partial charge in [-0.05, 0) is 24.6 Å². The van der Waals surface area contributed by atoms with Gasteiger partial charge in [-0.15, -0.1) is 5.10 Å². The van der Waals surface area contributed by atoms with Crippen LogP contribution in [-0.2, 0) is 29.1 Å². The van der Waals surface area contributed by atoms with Crippen LogP contribution < -0.4 is 10.6 Å². The second-order valence-electron chi connectivity index (χ2n) is 5.40. The summed E-state index contributed by atoms with van der Waals surface area (Å²) < 4.78 is 14.7. The molecule has 1 aliphatic heterocycles. The van der Waals surface area contributed by atoms with Crippen LogP contribution in [0.15, 0.2) is 24.3 Å². The molecule has 7 nitrogen and oxygen atoms in total. The number of carbonyl (C=O) groups is 2. The van der Waals surface area contributed by atoms with Crippen LogP contribution in [0.25, 0.3) is 0 Å². The second-order valence-corrected chi connectivity index (χ2v) is 5.40. The number of benzene rings is 1. The van der Waals surface area contributed by atoms with Crippen LogP contribution >= 0.6 is 0 Å². The van der Waals surface area contributed by atoms with Crippen molar-refractivity contribution >= 4 is 11.8 Å². The van der Waals surface area contributed by atoms with Crippen molar-refractivity contribution in [1.29, 1.82) is 0 Å². The third-order valence-electron chi connectivity index (χ3n) is 3.75. The number of hydrogen-bond acceptors (Lipinski definition) is 4. The van der Waals surface area contributed by atoms with Crippen LogP contribution in [0.2, 0.25) is 0 Å². The lowest BCUT2D eigenvalue weighted by atomic mass is 10.1. The van der Waals surface area contributed by atoms with Gasteiger partial charge in [0.25, 0.3) is 0 Å². The van der Waals surface area contributed by atoms with Crippen molar-refractivity contribution in [1.82, 2.24) is 25.6 Å². The third-order valence-corrected chi connectivity index (χ3v) is 3.75. The molecular formula is C15H16FN5O2. The summed E-state index contributed by atoms with van der Waals surface area (Å²) in [7, 11) is 0. The van der Waals surface area contributed by atoms with E-state index in [4.69, 9.17) is 0 Å². The quantitative estimate of drug-likeness (QED) is 0.858. The van der Waals surface area contributed by atoms with Crippen molar-refractivity contribution in [2.24, 2.45) is 0 Å². The molecule has 1 aliphatic rings. The Morgan fingerprint density at radius 3 is 3.13 bits per heavy atom. The summed E-state index contributed by atoms with van der Waals surface area (Å²) in [6.07, 6.45) is 0.0916. The summed E-state index contributed by atoms with van der Waals surface area (Å²) in [6.45, 7) is 2.29. The number of rotatable bonds is 4. The van der Waals surface area contributed by atoms with Gasteiger partial charge in [0.05, 0.1) is 25.2 Å². The molecule has 0 saturated carbocycles. The lowest BCUT2D eigenvalue weighted by molar-refractivity contribution is -0.125. The number of halogens is 1. The lowest BCUT2D eigenvalue weighted by Crippen LogP contribution is -2.38. The van der Waals surface area contributed by atoms with Gasteiger partial charge in [-0.3, -0.25) is 9.59 Å². The second kappa shape index (κ2) is 6.15. The highest BCUT2D eigenvalue weighted by Crippen LogP contribution is 2.16. The maximum Gasteiger partial charge on any atom is 0.244 e. The zero-order valence-electron chi connectivity index (χ0n) is 12.5. The Hall–Kier alpha value is -2.77. The Labute approximate surface area is 131 Å². The maximum absolute atomic E-state index is 13.1. The van der Waals surface area contributed by atoms with Gasteiger partial charge in [0.2, 0.25) is 11.8 Å². The smallest absolute Gasteiger partial charge is 0.244 e. The van der Waals surface area contributed by atoms with Gasteiger partial charge in [-0.25, -0.2) is 9.07 Å². The van der Waals surface area contributed by atoms with Gasteiger partial charge in [0.15, 0.2) is 0 Å². The molecule has 2 heterocycles. The minimum atomic E-state index is -0.414. The molecule has 3 rings (SSSR count).